The second-order valence-corrected chi connectivity index (χ2v) is 5.88. The Hall–Kier alpha value is -1.26. The van der Waals surface area contributed by atoms with Gasteiger partial charge in [-0.05, 0) is 30.7 Å². The summed E-state index contributed by atoms with van der Waals surface area (Å²) < 4.78 is 25.4. The monoisotopic (exact) mass is 372 g/mol. The van der Waals surface area contributed by atoms with E-state index in [4.69, 9.17) is 21.1 Å². The normalized spacial score (nSPS) is 12.1. The Bertz CT molecular complexity index is 661. The van der Waals surface area contributed by atoms with Gasteiger partial charge >= 0.3 is 0 Å². The summed E-state index contributed by atoms with van der Waals surface area (Å²) in [5.74, 6) is 0.677. The number of halogens is 3. The minimum Gasteiger partial charge on any atom is -0.497 e. The first-order valence-corrected chi connectivity index (χ1v) is 7.52. The van der Waals surface area contributed by atoms with Gasteiger partial charge in [0.15, 0.2) is 0 Å². The lowest BCUT2D eigenvalue weighted by Crippen LogP contribution is -2.01. The smallest absolute Gasteiger partial charge is 0.131 e. The maximum absolute atomic E-state index is 14.2. The van der Waals surface area contributed by atoms with Crippen molar-refractivity contribution in [2.75, 3.05) is 14.2 Å². The molecule has 112 valence electrons. The van der Waals surface area contributed by atoms with E-state index in [2.05, 4.69) is 15.9 Å². The molecule has 2 rings (SSSR count). The lowest BCUT2D eigenvalue weighted by Gasteiger charge is -2.17. The van der Waals surface area contributed by atoms with Crippen molar-refractivity contribution >= 4 is 27.5 Å². The summed E-state index contributed by atoms with van der Waals surface area (Å²) >= 11 is 9.92. The fourth-order valence-electron chi connectivity index (χ4n) is 2.05. The molecule has 1 unspecified atom stereocenters. The van der Waals surface area contributed by atoms with Crippen LogP contribution in [-0.2, 0) is 0 Å². The van der Waals surface area contributed by atoms with Crippen LogP contribution in [0, 0.1) is 12.7 Å². The Balaban J connectivity index is 2.49. The van der Waals surface area contributed by atoms with Crippen LogP contribution in [-0.4, -0.2) is 14.2 Å². The average Bonchev–Trinajstić information content (AvgIpc) is 2.48. The number of alkyl halides is 1. The number of methoxy groups -OCH3 is 2. The van der Waals surface area contributed by atoms with Crippen LogP contribution in [0.4, 0.5) is 4.39 Å². The Labute approximate surface area is 137 Å². The minimum atomic E-state index is -0.650. The molecule has 0 radical (unpaired) electrons. The third-order valence-corrected chi connectivity index (χ3v) is 4.59. The van der Waals surface area contributed by atoms with Gasteiger partial charge in [-0.2, -0.15) is 0 Å². The van der Waals surface area contributed by atoms with E-state index in [0.29, 0.717) is 22.6 Å². The lowest BCUT2D eigenvalue weighted by atomic mass is 10.0. The summed E-state index contributed by atoms with van der Waals surface area (Å²) in [6, 6.07) is 8.36. The van der Waals surface area contributed by atoms with Crippen molar-refractivity contribution in [3.8, 4) is 11.5 Å². The number of ether oxygens (including phenoxy) is 2. The van der Waals surface area contributed by atoms with Crippen molar-refractivity contribution in [1.29, 1.82) is 0 Å². The molecule has 2 nitrogen and oxygen atoms in total. The van der Waals surface area contributed by atoms with Crippen LogP contribution in [0.5, 0.6) is 11.5 Å². The average molecular weight is 374 g/mol. The molecule has 2 aromatic carbocycles. The third kappa shape index (κ3) is 3.33. The second-order valence-electron chi connectivity index (χ2n) is 4.59. The minimum absolute atomic E-state index is 0.381. The molecular weight excluding hydrogens is 359 g/mol. The van der Waals surface area contributed by atoms with Crippen LogP contribution in [0.3, 0.4) is 0 Å². The molecule has 0 aromatic heterocycles. The van der Waals surface area contributed by atoms with E-state index in [9.17, 15) is 4.39 Å². The van der Waals surface area contributed by atoms with Crippen LogP contribution < -0.4 is 9.47 Å². The molecule has 0 aliphatic heterocycles. The number of hydrogen-bond acceptors (Lipinski definition) is 2. The second kappa shape index (κ2) is 6.67. The van der Waals surface area contributed by atoms with Gasteiger partial charge in [-0.25, -0.2) is 4.39 Å². The fourth-order valence-corrected chi connectivity index (χ4v) is 2.76. The molecule has 0 saturated heterocycles. The third-order valence-electron chi connectivity index (χ3n) is 3.26. The summed E-state index contributed by atoms with van der Waals surface area (Å²) in [5.41, 5.74) is 2.11. The Morgan fingerprint density at radius 2 is 1.81 bits per heavy atom. The van der Waals surface area contributed by atoms with Gasteiger partial charge in [0.2, 0.25) is 0 Å². The van der Waals surface area contributed by atoms with Crippen LogP contribution in [0.2, 0.25) is 0 Å². The standard InChI is InChI=1S/C16H15BrClFO2/c1-9-6-15(21-3)12(8-13(9)17)16(18)11-5-4-10(20-2)7-14(11)19/h4-8,16H,1-3H3. The van der Waals surface area contributed by atoms with Crippen LogP contribution >= 0.6 is 27.5 Å². The van der Waals surface area contributed by atoms with E-state index in [1.165, 1.54) is 13.2 Å². The van der Waals surface area contributed by atoms with Crippen molar-refractivity contribution in [3.05, 3.63) is 57.3 Å². The molecule has 2 aromatic rings. The summed E-state index contributed by atoms with van der Waals surface area (Å²) in [4.78, 5) is 0. The highest BCUT2D eigenvalue weighted by Gasteiger charge is 2.20. The molecule has 0 saturated carbocycles. The largest absolute Gasteiger partial charge is 0.497 e. The van der Waals surface area contributed by atoms with Gasteiger partial charge in [0.25, 0.3) is 0 Å². The quantitative estimate of drug-likeness (QED) is 0.682. The molecular formula is C16H15BrClFO2. The predicted octanol–water partition coefficient (Wildman–Crippen LogP) is 5.24. The molecule has 0 N–H and O–H groups in total. The molecule has 0 aliphatic rings. The van der Waals surface area contributed by atoms with Crippen molar-refractivity contribution in [2.24, 2.45) is 0 Å². The molecule has 1 atom stereocenters. The fraction of sp³-hybridized carbons (Fsp3) is 0.250. The Morgan fingerprint density at radius 3 is 2.38 bits per heavy atom. The maximum atomic E-state index is 14.2. The van der Waals surface area contributed by atoms with Crippen molar-refractivity contribution in [1.82, 2.24) is 0 Å². The molecule has 0 amide bonds. The van der Waals surface area contributed by atoms with Gasteiger partial charge in [0.05, 0.1) is 19.6 Å². The van der Waals surface area contributed by atoms with Crippen LogP contribution in [0.15, 0.2) is 34.8 Å². The Kier molecular flexibility index (Phi) is 5.12. The first kappa shape index (κ1) is 16.1. The van der Waals surface area contributed by atoms with Crippen molar-refractivity contribution in [3.63, 3.8) is 0 Å². The van der Waals surface area contributed by atoms with E-state index in [1.807, 2.05) is 19.1 Å². The summed E-state index contributed by atoms with van der Waals surface area (Å²) in [6.45, 7) is 1.95. The molecule has 0 aliphatic carbocycles. The predicted molar refractivity (Wildman–Crippen MR) is 86.1 cm³/mol. The SMILES string of the molecule is COc1ccc(C(Cl)c2cc(Br)c(C)cc2OC)c(F)c1. The zero-order chi connectivity index (χ0) is 15.6. The van der Waals surface area contributed by atoms with Gasteiger partial charge < -0.3 is 9.47 Å². The van der Waals surface area contributed by atoms with E-state index in [1.54, 1.807) is 19.2 Å². The number of rotatable bonds is 4. The summed E-state index contributed by atoms with van der Waals surface area (Å²) in [5, 5.41) is -0.650. The van der Waals surface area contributed by atoms with Crippen LogP contribution in [0.25, 0.3) is 0 Å². The molecule has 0 fully saturated rings. The van der Waals surface area contributed by atoms with E-state index in [0.717, 1.165) is 10.0 Å². The highest BCUT2D eigenvalue weighted by Crippen LogP contribution is 2.39. The lowest BCUT2D eigenvalue weighted by molar-refractivity contribution is 0.408. The van der Waals surface area contributed by atoms with E-state index < -0.39 is 11.2 Å². The number of aryl methyl sites for hydroxylation is 1. The van der Waals surface area contributed by atoms with E-state index >= 15 is 0 Å². The van der Waals surface area contributed by atoms with Crippen molar-refractivity contribution < 1.29 is 13.9 Å². The number of benzene rings is 2. The topological polar surface area (TPSA) is 18.5 Å². The molecule has 0 heterocycles. The molecule has 0 bridgehead atoms. The zero-order valence-corrected chi connectivity index (χ0v) is 14.3. The highest BCUT2D eigenvalue weighted by atomic mass is 79.9. The first-order chi connectivity index (χ1) is 9.97. The van der Waals surface area contributed by atoms with E-state index in [-0.39, 0.29) is 0 Å². The van der Waals surface area contributed by atoms with Gasteiger partial charge in [0.1, 0.15) is 17.3 Å². The Morgan fingerprint density at radius 1 is 1.10 bits per heavy atom. The maximum Gasteiger partial charge on any atom is 0.131 e. The van der Waals surface area contributed by atoms with Gasteiger partial charge in [-0.3, -0.25) is 0 Å². The molecule has 0 spiro atoms. The zero-order valence-electron chi connectivity index (χ0n) is 11.9. The van der Waals surface area contributed by atoms with Crippen molar-refractivity contribution in [2.45, 2.75) is 12.3 Å². The number of hydrogen-bond donors (Lipinski definition) is 0. The first-order valence-electron chi connectivity index (χ1n) is 6.29. The van der Waals surface area contributed by atoms with Gasteiger partial charge in [-0.15, -0.1) is 11.6 Å². The molecule has 21 heavy (non-hydrogen) atoms. The molecule has 5 heteroatoms. The highest BCUT2D eigenvalue weighted by molar-refractivity contribution is 9.10. The van der Waals surface area contributed by atoms with Crippen LogP contribution in [0.1, 0.15) is 22.1 Å². The van der Waals surface area contributed by atoms with Gasteiger partial charge in [0, 0.05) is 21.7 Å². The van der Waals surface area contributed by atoms with Gasteiger partial charge in [-0.1, -0.05) is 22.0 Å². The summed E-state index contributed by atoms with van der Waals surface area (Å²) in [6.07, 6.45) is 0. The summed E-state index contributed by atoms with van der Waals surface area (Å²) in [7, 11) is 3.06.